The monoisotopic (exact) mass is 170 g/mol. The summed E-state index contributed by atoms with van der Waals surface area (Å²) in [7, 11) is 0. The van der Waals surface area contributed by atoms with Gasteiger partial charge >= 0.3 is 5.69 Å². The van der Waals surface area contributed by atoms with Crippen molar-refractivity contribution >= 4 is 5.91 Å². The van der Waals surface area contributed by atoms with Gasteiger partial charge in [0.15, 0.2) is 0 Å². The predicted molar refractivity (Wildman–Crippen MR) is 39.3 cm³/mol. The number of carbonyl (C=O) groups is 1. The Morgan fingerprint density at radius 3 is 2.58 bits per heavy atom. The molecule has 7 heteroatoms. The molecule has 0 aromatic carbocycles. The fourth-order valence-electron chi connectivity index (χ4n) is 0.669. The zero-order valence-electron chi connectivity index (χ0n) is 5.88. The van der Waals surface area contributed by atoms with Crippen LogP contribution in [0, 0.1) is 0 Å². The minimum Gasteiger partial charge on any atom is -0.303 e. The molecule has 0 saturated carbocycles. The van der Waals surface area contributed by atoms with Crippen LogP contribution in [0.1, 0.15) is 10.5 Å². The first-order valence-electron chi connectivity index (χ1n) is 2.98. The third kappa shape index (κ3) is 1.58. The SMILES string of the molecule is NNC(=O)c1cc(=O)[nH]c(=O)[nH]1. The van der Waals surface area contributed by atoms with Crippen molar-refractivity contribution in [2.24, 2.45) is 5.84 Å². The summed E-state index contributed by atoms with van der Waals surface area (Å²) in [4.78, 5) is 36.0. The molecule has 0 bridgehead atoms. The Morgan fingerprint density at radius 2 is 2.08 bits per heavy atom. The minimum atomic E-state index is -0.749. The van der Waals surface area contributed by atoms with Gasteiger partial charge in [0.25, 0.3) is 11.5 Å². The molecule has 0 atom stereocenters. The lowest BCUT2D eigenvalue weighted by Crippen LogP contribution is -2.34. The van der Waals surface area contributed by atoms with Gasteiger partial charge in [-0.15, -0.1) is 0 Å². The second-order valence-corrected chi connectivity index (χ2v) is 1.97. The quantitative estimate of drug-likeness (QED) is 0.214. The van der Waals surface area contributed by atoms with Gasteiger partial charge in [-0.1, -0.05) is 0 Å². The Kier molecular flexibility index (Phi) is 2.06. The van der Waals surface area contributed by atoms with Gasteiger partial charge in [-0.25, -0.2) is 10.6 Å². The summed E-state index contributed by atoms with van der Waals surface area (Å²) in [6.45, 7) is 0. The van der Waals surface area contributed by atoms with Gasteiger partial charge in [-0.3, -0.25) is 20.0 Å². The topological polar surface area (TPSA) is 121 Å². The van der Waals surface area contributed by atoms with Gasteiger partial charge in [0, 0.05) is 6.07 Å². The maximum Gasteiger partial charge on any atom is 0.326 e. The van der Waals surface area contributed by atoms with Crippen molar-refractivity contribution in [3.63, 3.8) is 0 Å². The number of hydrogen-bond donors (Lipinski definition) is 4. The van der Waals surface area contributed by atoms with Crippen molar-refractivity contribution < 1.29 is 4.79 Å². The largest absolute Gasteiger partial charge is 0.326 e. The van der Waals surface area contributed by atoms with E-state index in [1.54, 1.807) is 5.43 Å². The van der Waals surface area contributed by atoms with E-state index in [2.05, 4.69) is 4.98 Å². The second kappa shape index (κ2) is 3.01. The molecule has 64 valence electrons. The van der Waals surface area contributed by atoms with Crippen molar-refractivity contribution in [2.75, 3.05) is 0 Å². The van der Waals surface area contributed by atoms with E-state index >= 15 is 0 Å². The lowest BCUT2D eigenvalue weighted by Gasteiger charge is -1.95. The third-order valence-corrected chi connectivity index (χ3v) is 1.14. The number of aromatic nitrogens is 2. The van der Waals surface area contributed by atoms with Crippen molar-refractivity contribution in [1.29, 1.82) is 0 Å². The summed E-state index contributed by atoms with van der Waals surface area (Å²) in [5.74, 6) is 4.05. The highest BCUT2D eigenvalue weighted by Gasteiger charge is 2.04. The van der Waals surface area contributed by atoms with Gasteiger partial charge in [-0.2, -0.15) is 0 Å². The average molecular weight is 170 g/mol. The number of aromatic amines is 2. The summed E-state index contributed by atoms with van der Waals surface area (Å²) >= 11 is 0. The predicted octanol–water partition coefficient (Wildman–Crippen LogP) is -2.33. The summed E-state index contributed by atoms with van der Waals surface area (Å²) in [6.07, 6.45) is 0. The molecule has 1 aromatic heterocycles. The lowest BCUT2D eigenvalue weighted by atomic mass is 10.4. The van der Waals surface area contributed by atoms with E-state index in [4.69, 9.17) is 5.84 Å². The zero-order valence-corrected chi connectivity index (χ0v) is 5.88. The number of hydrazine groups is 1. The third-order valence-electron chi connectivity index (χ3n) is 1.14. The molecule has 0 aliphatic heterocycles. The number of amides is 1. The molecule has 0 unspecified atom stereocenters. The molecule has 1 rings (SSSR count). The first-order chi connectivity index (χ1) is 5.63. The Balaban J connectivity index is 3.27. The molecule has 0 aliphatic carbocycles. The van der Waals surface area contributed by atoms with Crippen molar-refractivity contribution in [1.82, 2.24) is 15.4 Å². The zero-order chi connectivity index (χ0) is 9.14. The Labute approximate surface area is 65.6 Å². The fraction of sp³-hybridized carbons (Fsp3) is 0. The lowest BCUT2D eigenvalue weighted by molar-refractivity contribution is 0.0948. The fourth-order valence-corrected chi connectivity index (χ4v) is 0.669. The number of carbonyl (C=O) groups excluding carboxylic acids is 1. The number of nitrogen functional groups attached to an aromatic ring is 1. The van der Waals surface area contributed by atoms with Crippen LogP contribution in [0.15, 0.2) is 15.7 Å². The van der Waals surface area contributed by atoms with Crippen LogP contribution in [-0.2, 0) is 0 Å². The number of nitrogens with two attached hydrogens (primary N) is 1. The van der Waals surface area contributed by atoms with E-state index in [9.17, 15) is 14.4 Å². The van der Waals surface area contributed by atoms with Gasteiger partial charge in [0.1, 0.15) is 5.69 Å². The Morgan fingerprint density at radius 1 is 1.42 bits per heavy atom. The van der Waals surface area contributed by atoms with Crippen molar-refractivity contribution in [3.8, 4) is 0 Å². The van der Waals surface area contributed by atoms with Crippen LogP contribution in [0.2, 0.25) is 0 Å². The Bertz CT molecular complexity index is 375. The molecular formula is C5H6N4O3. The molecule has 12 heavy (non-hydrogen) atoms. The summed E-state index contributed by atoms with van der Waals surface area (Å²) in [5, 5.41) is 0. The van der Waals surface area contributed by atoms with Gasteiger partial charge in [-0.05, 0) is 0 Å². The maximum atomic E-state index is 10.8. The number of nitrogens with one attached hydrogen (secondary N) is 3. The van der Waals surface area contributed by atoms with Crippen LogP contribution >= 0.6 is 0 Å². The van der Waals surface area contributed by atoms with E-state index in [0.717, 1.165) is 6.07 Å². The Hall–Kier alpha value is -1.89. The number of H-pyrrole nitrogens is 2. The molecule has 0 fully saturated rings. The molecule has 1 heterocycles. The highest BCUT2D eigenvalue weighted by molar-refractivity contribution is 5.91. The van der Waals surface area contributed by atoms with Crippen LogP contribution in [-0.4, -0.2) is 15.9 Å². The van der Waals surface area contributed by atoms with Crippen molar-refractivity contribution in [2.45, 2.75) is 0 Å². The standard InChI is InChI=1S/C5H6N4O3/c6-9-4(11)2-1-3(10)8-5(12)7-2/h1H,6H2,(H,9,11)(H2,7,8,10,12). The maximum absolute atomic E-state index is 10.8. The van der Waals surface area contributed by atoms with Crippen LogP contribution in [0.4, 0.5) is 0 Å². The normalized spacial score (nSPS) is 9.42. The van der Waals surface area contributed by atoms with Gasteiger partial charge in [0.05, 0.1) is 0 Å². The highest BCUT2D eigenvalue weighted by atomic mass is 16.2. The molecule has 0 radical (unpaired) electrons. The number of rotatable bonds is 1. The van der Waals surface area contributed by atoms with E-state index in [0.29, 0.717) is 0 Å². The van der Waals surface area contributed by atoms with Crippen LogP contribution in [0.3, 0.4) is 0 Å². The molecule has 1 aromatic rings. The molecule has 1 amide bonds. The smallest absolute Gasteiger partial charge is 0.303 e. The van der Waals surface area contributed by atoms with E-state index in [1.807, 2.05) is 4.98 Å². The van der Waals surface area contributed by atoms with Gasteiger partial charge in [0.2, 0.25) is 0 Å². The first-order valence-corrected chi connectivity index (χ1v) is 2.98. The molecule has 0 saturated heterocycles. The van der Waals surface area contributed by atoms with Gasteiger partial charge < -0.3 is 4.98 Å². The van der Waals surface area contributed by atoms with Crippen LogP contribution < -0.4 is 22.5 Å². The van der Waals surface area contributed by atoms with Crippen molar-refractivity contribution in [3.05, 3.63) is 32.6 Å². The summed E-state index contributed by atoms with van der Waals surface area (Å²) in [6, 6.07) is 0.934. The number of hydrogen-bond acceptors (Lipinski definition) is 4. The summed E-state index contributed by atoms with van der Waals surface area (Å²) in [5.41, 5.74) is 0.195. The molecular weight excluding hydrogens is 164 g/mol. The molecule has 0 aliphatic rings. The average Bonchev–Trinajstić information content (AvgIpc) is 2.01. The molecule has 7 nitrogen and oxygen atoms in total. The minimum absolute atomic E-state index is 0.175. The second-order valence-electron chi connectivity index (χ2n) is 1.97. The molecule has 5 N–H and O–H groups in total. The van der Waals surface area contributed by atoms with E-state index in [1.165, 1.54) is 0 Å². The summed E-state index contributed by atoms with van der Waals surface area (Å²) < 4.78 is 0. The highest BCUT2D eigenvalue weighted by Crippen LogP contribution is 1.81. The van der Waals surface area contributed by atoms with Crippen LogP contribution in [0.5, 0.6) is 0 Å². The van der Waals surface area contributed by atoms with Crippen LogP contribution in [0.25, 0.3) is 0 Å². The first kappa shape index (κ1) is 8.21. The van der Waals surface area contributed by atoms with E-state index in [-0.39, 0.29) is 5.69 Å². The van der Waals surface area contributed by atoms with E-state index < -0.39 is 17.2 Å². The molecule has 0 spiro atoms.